The van der Waals surface area contributed by atoms with E-state index < -0.39 is 0 Å². The topological polar surface area (TPSA) is 30.0 Å². The van der Waals surface area contributed by atoms with Gasteiger partial charge in [-0.3, -0.25) is 4.98 Å². The molecule has 0 bridgehead atoms. The summed E-state index contributed by atoms with van der Waals surface area (Å²) in [6.45, 7) is 3.76. The SMILES string of the molecule is C=C(CC=O)c1ccncc1. The minimum atomic E-state index is 0.393. The van der Waals surface area contributed by atoms with Crippen molar-refractivity contribution in [1.29, 1.82) is 0 Å². The predicted octanol–water partition coefficient (Wildman–Crippen LogP) is 1.68. The van der Waals surface area contributed by atoms with E-state index in [1.807, 2.05) is 12.1 Å². The summed E-state index contributed by atoms with van der Waals surface area (Å²) in [5.74, 6) is 0. The molecule has 2 nitrogen and oxygen atoms in total. The van der Waals surface area contributed by atoms with Crippen molar-refractivity contribution in [3.63, 3.8) is 0 Å². The van der Waals surface area contributed by atoms with Crippen LogP contribution in [0, 0.1) is 0 Å². The van der Waals surface area contributed by atoms with Gasteiger partial charge in [-0.25, -0.2) is 0 Å². The van der Waals surface area contributed by atoms with Crippen LogP contribution in [0.4, 0.5) is 0 Å². The lowest BCUT2D eigenvalue weighted by molar-refractivity contribution is -0.107. The number of carbonyl (C=O) groups is 1. The highest BCUT2D eigenvalue weighted by molar-refractivity contribution is 5.75. The molecule has 0 radical (unpaired) electrons. The number of hydrogen-bond acceptors (Lipinski definition) is 2. The van der Waals surface area contributed by atoms with Crippen molar-refractivity contribution in [2.45, 2.75) is 6.42 Å². The summed E-state index contributed by atoms with van der Waals surface area (Å²) >= 11 is 0. The molecule has 0 aliphatic carbocycles. The van der Waals surface area contributed by atoms with Crippen LogP contribution in [0.5, 0.6) is 0 Å². The van der Waals surface area contributed by atoms with Gasteiger partial charge >= 0.3 is 0 Å². The number of aromatic nitrogens is 1. The third-order valence-electron chi connectivity index (χ3n) is 1.42. The maximum atomic E-state index is 10.1. The number of carbonyl (C=O) groups excluding carboxylic acids is 1. The van der Waals surface area contributed by atoms with Crippen LogP contribution in [-0.2, 0) is 4.79 Å². The van der Waals surface area contributed by atoms with Gasteiger partial charge in [0.25, 0.3) is 0 Å². The Kier molecular flexibility index (Phi) is 2.55. The summed E-state index contributed by atoms with van der Waals surface area (Å²) in [7, 11) is 0. The molecule has 2 heteroatoms. The Morgan fingerprint density at radius 1 is 1.55 bits per heavy atom. The molecule has 56 valence electrons. The Hall–Kier alpha value is -1.44. The maximum absolute atomic E-state index is 10.1. The average molecular weight is 147 g/mol. The minimum absolute atomic E-state index is 0.393. The highest BCUT2D eigenvalue weighted by Crippen LogP contribution is 2.12. The molecule has 0 aliphatic heterocycles. The molecule has 11 heavy (non-hydrogen) atoms. The van der Waals surface area contributed by atoms with Crippen LogP contribution in [-0.4, -0.2) is 11.3 Å². The van der Waals surface area contributed by atoms with Gasteiger partial charge in [0.1, 0.15) is 6.29 Å². The van der Waals surface area contributed by atoms with Crippen molar-refractivity contribution in [2.24, 2.45) is 0 Å². The lowest BCUT2D eigenvalue weighted by Crippen LogP contribution is -1.83. The molecule has 0 N–H and O–H groups in total. The molecule has 0 unspecified atom stereocenters. The molecule has 0 amide bonds. The molecule has 0 aliphatic rings. The van der Waals surface area contributed by atoms with Crippen LogP contribution in [0.3, 0.4) is 0 Å². The normalized spacial score (nSPS) is 9.09. The van der Waals surface area contributed by atoms with Crippen molar-refractivity contribution in [2.75, 3.05) is 0 Å². The van der Waals surface area contributed by atoms with Crippen LogP contribution < -0.4 is 0 Å². The molecule has 0 saturated heterocycles. The van der Waals surface area contributed by atoms with E-state index in [1.54, 1.807) is 12.4 Å². The first-order chi connectivity index (χ1) is 5.34. The Balaban J connectivity index is 2.77. The lowest BCUT2D eigenvalue weighted by Gasteiger charge is -1.98. The van der Waals surface area contributed by atoms with E-state index in [1.165, 1.54) is 0 Å². The first kappa shape index (κ1) is 7.66. The molecule has 1 aromatic rings. The van der Waals surface area contributed by atoms with E-state index in [9.17, 15) is 4.79 Å². The van der Waals surface area contributed by atoms with E-state index in [0.717, 1.165) is 17.4 Å². The Morgan fingerprint density at radius 3 is 2.73 bits per heavy atom. The van der Waals surface area contributed by atoms with Gasteiger partial charge in [0.05, 0.1) is 0 Å². The van der Waals surface area contributed by atoms with Crippen molar-refractivity contribution in [3.8, 4) is 0 Å². The smallest absolute Gasteiger partial charge is 0.124 e. The quantitative estimate of drug-likeness (QED) is 0.609. The van der Waals surface area contributed by atoms with Crippen molar-refractivity contribution in [1.82, 2.24) is 4.98 Å². The summed E-state index contributed by atoms with van der Waals surface area (Å²) in [4.78, 5) is 14.0. The third kappa shape index (κ3) is 2.00. The summed E-state index contributed by atoms with van der Waals surface area (Å²) in [5, 5.41) is 0. The molecular formula is C9H9NO. The monoisotopic (exact) mass is 147 g/mol. The number of hydrogen-bond donors (Lipinski definition) is 0. The molecule has 1 aromatic heterocycles. The van der Waals surface area contributed by atoms with Gasteiger partial charge in [-0.1, -0.05) is 6.58 Å². The summed E-state index contributed by atoms with van der Waals surface area (Å²) in [6.07, 6.45) is 4.61. The fourth-order valence-corrected chi connectivity index (χ4v) is 0.806. The standard InChI is InChI=1S/C9H9NO/c1-8(4-7-11)9-2-5-10-6-3-9/h2-3,5-7H,1,4H2. The third-order valence-corrected chi connectivity index (χ3v) is 1.42. The van der Waals surface area contributed by atoms with Crippen LogP contribution in [0.2, 0.25) is 0 Å². The number of allylic oxidation sites excluding steroid dienone is 1. The molecule has 0 spiro atoms. The van der Waals surface area contributed by atoms with E-state index in [-0.39, 0.29) is 0 Å². The largest absolute Gasteiger partial charge is 0.303 e. The van der Waals surface area contributed by atoms with E-state index in [4.69, 9.17) is 0 Å². The number of aldehydes is 1. The molecule has 0 aromatic carbocycles. The van der Waals surface area contributed by atoms with E-state index in [0.29, 0.717) is 6.42 Å². The number of pyridine rings is 1. The van der Waals surface area contributed by atoms with Gasteiger partial charge in [0.2, 0.25) is 0 Å². The molecule has 1 heterocycles. The summed E-state index contributed by atoms with van der Waals surface area (Å²) in [5.41, 5.74) is 1.81. The van der Waals surface area contributed by atoms with Gasteiger partial charge in [-0.05, 0) is 23.3 Å². The molecular weight excluding hydrogens is 138 g/mol. The molecule has 0 atom stereocenters. The van der Waals surface area contributed by atoms with Crippen molar-refractivity contribution in [3.05, 3.63) is 36.7 Å². The highest BCUT2D eigenvalue weighted by Gasteiger charge is 1.94. The van der Waals surface area contributed by atoms with E-state index >= 15 is 0 Å². The Labute approximate surface area is 65.6 Å². The van der Waals surface area contributed by atoms with Gasteiger partial charge < -0.3 is 4.79 Å². The lowest BCUT2D eigenvalue weighted by atomic mass is 10.1. The van der Waals surface area contributed by atoms with Crippen molar-refractivity contribution >= 4 is 11.9 Å². The predicted molar refractivity (Wildman–Crippen MR) is 44.0 cm³/mol. The second kappa shape index (κ2) is 3.66. The summed E-state index contributed by atoms with van der Waals surface area (Å²) < 4.78 is 0. The van der Waals surface area contributed by atoms with Crippen LogP contribution in [0.25, 0.3) is 5.57 Å². The zero-order valence-electron chi connectivity index (χ0n) is 6.16. The zero-order chi connectivity index (χ0) is 8.10. The molecule has 0 fully saturated rings. The average Bonchev–Trinajstić information content (AvgIpc) is 2.07. The Morgan fingerprint density at radius 2 is 2.18 bits per heavy atom. The maximum Gasteiger partial charge on any atom is 0.124 e. The summed E-state index contributed by atoms with van der Waals surface area (Å²) in [6, 6.07) is 3.68. The number of rotatable bonds is 3. The minimum Gasteiger partial charge on any atom is -0.303 e. The van der Waals surface area contributed by atoms with Gasteiger partial charge in [0.15, 0.2) is 0 Å². The van der Waals surface area contributed by atoms with Crippen molar-refractivity contribution < 1.29 is 4.79 Å². The second-order valence-electron chi connectivity index (χ2n) is 2.21. The van der Waals surface area contributed by atoms with Gasteiger partial charge in [-0.15, -0.1) is 0 Å². The molecule has 0 saturated carbocycles. The fourth-order valence-electron chi connectivity index (χ4n) is 0.806. The number of nitrogens with zero attached hydrogens (tertiary/aromatic N) is 1. The van der Waals surface area contributed by atoms with Crippen LogP contribution >= 0.6 is 0 Å². The zero-order valence-corrected chi connectivity index (χ0v) is 6.16. The van der Waals surface area contributed by atoms with Gasteiger partial charge in [0, 0.05) is 18.8 Å². The Bertz CT molecular complexity index is 254. The first-order valence-corrected chi connectivity index (χ1v) is 3.36. The van der Waals surface area contributed by atoms with Crippen LogP contribution in [0.1, 0.15) is 12.0 Å². The second-order valence-corrected chi connectivity index (χ2v) is 2.21. The van der Waals surface area contributed by atoms with Crippen LogP contribution in [0.15, 0.2) is 31.1 Å². The first-order valence-electron chi connectivity index (χ1n) is 3.36. The van der Waals surface area contributed by atoms with Gasteiger partial charge in [-0.2, -0.15) is 0 Å². The highest BCUT2D eigenvalue weighted by atomic mass is 16.1. The van der Waals surface area contributed by atoms with E-state index in [2.05, 4.69) is 11.6 Å². The molecule has 1 rings (SSSR count). The fraction of sp³-hybridized carbons (Fsp3) is 0.111.